The molecule has 0 aliphatic carbocycles. The van der Waals surface area contributed by atoms with E-state index in [1.807, 2.05) is 72.8 Å². The van der Waals surface area contributed by atoms with Crippen molar-refractivity contribution >= 4 is 38.7 Å². The van der Waals surface area contributed by atoms with Gasteiger partial charge in [0.1, 0.15) is 5.82 Å². The maximum atomic E-state index is 12.2. The van der Waals surface area contributed by atoms with E-state index in [1.54, 1.807) is 0 Å². The molecule has 4 rings (SSSR count). The molecular formula is C22H19BrN4O. The third-order valence-electron chi connectivity index (χ3n) is 4.39. The number of hydrogen-bond acceptors (Lipinski definition) is 2. The maximum absolute atomic E-state index is 12.2. The number of anilines is 1. The molecule has 1 heterocycles. The van der Waals surface area contributed by atoms with E-state index in [4.69, 9.17) is 4.98 Å². The Hall–Kier alpha value is -3.12. The van der Waals surface area contributed by atoms with Gasteiger partial charge in [0.15, 0.2) is 0 Å². The summed E-state index contributed by atoms with van der Waals surface area (Å²) in [4.78, 5) is 17.0. The van der Waals surface area contributed by atoms with Crippen molar-refractivity contribution in [2.75, 3.05) is 11.9 Å². The Bertz CT molecular complexity index is 1110. The van der Waals surface area contributed by atoms with Crippen LogP contribution in [0, 0.1) is 0 Å². The number of nitrogens with one attached hydrogen (secondary N) is 2. The van der Waals surface area contributed by atoms with Crippen LogP contribution in [0.3, 0.4) is 0 Å². The molecule has 0 spiro atoms. The Kier molecular flexibility index (Phi) is 5.39. The van der Waals surface area contributed by atoms with Gasteiger partial charge in [-0.3, -0.25) is 0 Å². The summed E-state index contributed by atoms with van der Waals surface area (Å²) in [5, 5.41) is 5.76. The van der Waals surface area contributed by atoms with Gasteiger partial charge in [0.2, 0.25) is 0 Å². The number of amides is 2. The van der Waals surface area contributed by atoms with Crippen LogP contribution in [0.2, 0.25) is 0 Å². The first-order chi connectivity index (χ1) is 13.7. The number of fused-ring (bicyclic) bond motifs is 1. The second kappa shape index (κ2) is 8.27. The van der Waals surface area contributed by atoms with E-state index in [0.29, 0.717) is 13.1 Å². The lowest BCUT2D eigenvalue weighted by molar-refractivity contribution is 0.251. The van der Waals surface area contributed by atoms with Gasteiger partial charge in [-0.15, -0.1) is 0 Å². The zero-order valence-corrected chi connectivity index (χ0v) is 16.7. The summed E-state index contributed by atoms with van der Waals surface area (Å²) in [5.41, 5.74) is 3.79. The van der Waals surface area contributed by atoms with Gasteiger partial charge in [-0.2, -0.15) is 0 Å². The molecule has 0 fully saturated rings. The summed E-state index contributed by atoms with van der Waals surface area (Å²) >= 11 is 3.40. The zero-order chi connectivity index (χ0) is 19.3. The predicted octanol–water partition coefficient (Wildman–Crippen LogP) is 5.29. The van der Waals surface area contributed by atoms with Crippen molar-refractivity contribution in [3.05, 3.63) is 83.3 Å². The van der Waals surface area contributed by atoms with E-state index in [1.165, 1.54) is 0 Å². The number of rotatable bonds is 5. The third kappa shape index (κ3) is 4.07. The standard InChI is InChI=1S/C22H19BrN4O/c23-17-9-6-10-18(15-17)25-22(28)24-13-14-27-20-12-5-4-11-19(20)26-21(27)16-7-2-1-3-8-16/h1-12,15H,13-14H2,(H2,24,25,28). The smallest absolute Gasteiger partial charge is 0.319 e. The number of benzene rings is 3. The molecule has 0 saturated heterocycles. The van der Waals surface area contributed by atoms with E-state index in [0.717, 1.165) is 32.6 Å². The number of carbonyl (C=O) groups is 1. The molecule has 6 heteroatoms. The number of para-hydroxylation sites is 2. The molecule has 0 aliphatic rings. The second-order valence-corrected chi connectivity index (χ2v) is 7.25. The molecule has 2 amide bonds. The van der Waals surface area contributed by atoms with Crippen LogP contribution in [0.15, 0.2) is 83.3 Å². The van der Waals surface area contributed by atoms with Gasteiger partial charge in [-0.1, -0.05) is 64.5 Å². The molecule has 0 bridgehead atoms. The summed E-state index contributed by atoms with van der Waals surface area (Å²) in [5.74, 6) is 0.899. The number of carbonyl (C=O) groups excluding carboxylic acids is 1. The molecular weight excluding hydrogens is 416 g/mol. The van der Waals surface area contributed by atoms with Crippen molar-refractivity contribution in [3.8, 4) is 11.4 Å². The highest BCUT2D eigenvalue weighted by atomic mass is 79.9. The zero-order valence-electron chi connectivity index (χ0n) is 15.1. The SMILES string of the molecule is O=C(NCCn1c(-c2ccccc2)nc2ccccc21)Nc1cccc(Br)c1. The second-order valence-electron chi connectivity index (χ2n) is 6.33. The molecule has 4 aromatic rings. The first-order valence-corrected chi connectivity index (χ1v) is 9.81. The largest absolute Gasteiger partial charge is 0.336 e. The molecule has 140 valence electrons. The molecule has 0 radical (unpaired) electrons. The molecule has 0 saturated carbocycles. The van der Waals surface area contributed by atoms with Gasteiger partial charge in [0.05, 0.1) is 11.0 Å². The first kappa shape index (κ1) is 18.3. The van der Waals surface area contributed by atoms with Crippen molar-refractivity contribution in [2.45, 2.75) is 6.54 Å². The Morgan fingerprint density at radius 3 is 2.57 bits per heavy atom. The van der Waals surface area contributed by atoms with Gasteiger partial charge in [0.25, 0.3) is 0 Å². The average molecular weight is 435 g/mol. The van der Waals surface area contributed by atoms with E-state index in [9.17, 15) is 4.79 Å². The minimum atomic E-state index is -0.233. The Labute approximate surface area is 171 Å². The molecule has 28 heavy (non-hydrogen) atoms. The Morgan fingerprint density at radius 2 is 1.75 bits per heavy atom. The molecule has 2 N–H and O–H groups in total. The Balaban J connectivity index is 1.49. The number of hydrogen-bond donors (Lipinski definition) is 2. The van der Waals surface area contributed by atoms with Gasteiger partial charge in [0, 0.05) is 28.8 Å². The van der Waals surface area contributed by atoms with Crippen LogP contribution >= 0.6 is 15.9 Å². The van der Waals surface area contributed by atoms with Gasteiger partial charge < -0.3 is 15.2 Å². The van der Waals surface area contributed by atoms with Crippen LogP contribution in [-0.2, 0) is 6.54 Å². The average Bonchev–Trinajstić information content (AvgIpc) is 3.07. The van der Waals surface area contributed by atoms with E-state index >= 15 is 0 Å². The van der Waals surface area contributed by atoms with Crippen molar-refractivity contribution < 1.29 is 4.79 Å². The minimum Gasteiger partial charge on any atom is -0.336 e. The van der Waals surface area contributed by atoms with Crippen molar-refractivity contribution in [2.24, 2.45) is 0 Å². The van der Waals surface area contributed by atoms with Crippen LogP contribution in [0.1, 0.15) is 0 Å². The van der Waals surface area contributed by atoms with Crippen molar-refractivity contribution in [3.63, 3.8) is 0 Å². The summed E-state index contributed by atoms with van der Waals surface area (Å²) < 4.78 is 3.06. The maximum Gasteiger partial charge on any atom is 0.319 e. The van der Waals surface area contributed by atoms with Crippen LogP contribution in [-0.4, -0.2) is 22.1 Å². The fraction of sp³-hybridized carbons (Fsp3) is 0.0909. The van der Waals surface area contributed by atoms with Gasteiger partial charge >= 0.3 is 6.03 Å². The van der Waals surface area contributed by atoms with Crippen molar-refractivity contribution in [1.29, 1.82) is 0 Å². The number of nitrogens with zero attached hydrogens (tertiary/aromatic N) is 2. The summed E-state index contributed by atoms with van der Waals surface area (Å²) in [7, 11) is 0. The van der Waals surface area contributed by atoms with Crippen molar-refractivity contribution in [1.82, 2.24) is 14.9 Å². The summed E-state index contributed by atoms with van der Waals surface area (Å²) in [6.45, 7) is 1.11. The van der Waals surface area contributed by atoms with Gasteiger partial charge in [-0.05, 0) is 30.3 Å². The van der Waals surface area contributed by atoms with Crippen LogP contribution < -0.4 is 10.6 Å². The van der Waals surface area contributed by atoms with E-state index < -0.39 is 0 Å². The third-order valence-corrected chi connectivity index (χ3v) is 4.88. The highest BCUT2D eigenvalue weighted by Crippen LogP contribution is 2.24. The normalized spacial score (nSPS) is 10.8. The first-order valence-electron chi connectivity index (χ1n) is 9.02. The molecule has 0 atom stereocenters. The number of urea groups is 1. The highest BCUT2D eigenvalue weighted by molar-refractivity contribution is 9.10. The van der Waals surface area contributed by atoms with E-state index in [2.05, 4.69) is 37.2 Å². The van der Waals surface area contributed by atoms with Crippen LogP contribution in [0.4, 0.5) is 10.5 Å². The molecule has 5 nitrogen and oxygen atoms in total. The summed E-state index contributed by atoms with van der Waals surface area (Å²) in [6.07, 6.45) is 0. The number of imidazole rings is 1. The minimum absolute atomic E-state index is 0.233. The summed E-state index contributed by atoms with van der Waals surface area (Å²) in [6, 6.07) is 25.4. The molecule has 3 aromatic carbocycles. The molecule has 0 unspecified atom stereocenters. The van der Waals surface area contributed by atoms with Crippen LogP contribution in [0.5, 0.6) is 0 Å². The lowest BCUT2D eigenvalue weighted by Gasteiger charge is -2.11. The molecule has 1 aromatic heterocycles. The molecule has 0 aliphatic heterocycles. The highest BCUT2D eigenvalue weighted by Gasteiger charge is 2.12. The topological polar surface area (TPSA) is 59.0 Å². The number of aromatic nitrogens is 2. The van der Waals surface area contributed by atoms with E-state index in [-0.39, 0.29) is 6.03 Å². The van der Waals surface area contributed by atoms with Gasteiger partial charge in [-0.25, -0.2) is 9.78 Å². The monoisotopic (exact) mass is 434 g/mol. The lowest BCUT2D eigenvalue weighted by atomic mass is 10.2. The fourth-order valence-electron chi connectivity index (χ4n) is 3.13. The fourth-order valence-corrected chi connectivity index (χ4v) is 3.53. The lowest BCUT2D eigenvalue weighted by Crippen LogP contribution is -2.31. The number of halogens is 1. The van der Waals surface area contributed by atoms with Crippen LogP contribution in [0.25, 0.3) is 22.4 Å². The Morgan fingerprint density at radius 1 is 0.964 bits per heavy atom. The quantitative estimate of drug-likeness (QED) is 0.448. The predicted molar refractivity (Wildman–Crippen MR) is 116 cm³/mol.